The van der Waals surface area contributed by atoms with Crippen molar-refractivity contribution in [2.45, 2.75) is 6.61 Å². The minimum Gasteiger partial charge on any atom is -0.455 e. The van der Waals surface area contributed by atoms with Crippen molar-refractivity contribution in [3.05, 3.63) is 70.2 Å². The van der Waals surface area contributed by atoms with Gasteiger partial charge < -0.3 is 9.14 Å². The van der Waals surface area contributed by atoms with E-state index in [1.165, 1.54) is 12.1 Å². The number of rotatable bonds is 3. The Kier molecular flexibility index (Phi) is 3.70. The molecule has 3 aromatic heterocycles. The van der Waals surface area contributed by atoms with Gasteiger partial charge in [0.1, 0.15) is 22.9 Å². The molecule has 4 rings (SSSR count). The Hall–Kier alpha value is -2.44. The summed E-state index contributed by atoms with van der Waals surface area (Å²) in [7, 11) is 0. The molecular formula is C17H10ClFN2O2S. The van der Waals surface area contributed by atoms with E-state index in [0.29, 0.717) is 15.8 Å². The largest absolute Gasteiger partial charge is 0.455 e. The number of esters is 1. The number of carbonyl (C=O) groups is 1. The van der Waals surface area contributed by atoms with E-state index in [1.807, 2.05) is 28.8 Å². The molecule has 0 amide bonds. The summed E-state index contributed by atoms with van der Waals surface area (Å²) in [5.74, 6) is -0.913. The average molecular weight is 361 g/mol. The quantitative estimate of drug-likeness (QED) is 0.497. The number of carbonyl (C=O) groups excluding carboxylic acids is 1. The van der Waals surface area contributed by atoms with Crippen LogP contribution < -0.4 is 0 Å². The average Bonchev–Trinajstić information content (AvgIpc) is 3.13. The SMILES string of the molecule is O=C(OCc1cn2ccccc2n1)c1sc2cc(F)ccc2c1Cl. The van der Waals surface area contributed by atoms with Crippen molar-refractivity contribution in [2.24, 2.45) is 0 Å². The summed E-state index contributed by atoms with van der Waals surface area (Å²) in [6.07, 6.45) is 3.66. The lowest BCUT2D eigenvalue weighted by atomic mass is 10.2. The number of hydrogen-bond acceptors (Lipinski definition) is 4. The van der Waals surface area contributed by atoms with Crippen LogP contribution in [0.5, 0.6) is 0 Å². The van der Waals surface area contributed by atoms with Crippen molar-refractivity contribution in [1.82, 2.24) is 9.38 Å². The first-order chi connectivity index (χ1) is 11.6. The minimum atomic E-state index is -0.543. The number of fused-ring (bicyclic) bond motifs is 2. The molecule has 0 radical (unpaired) electrons. The molecule has 3 heterocycles. The number of nitrogens with zero attached hydrogens (tertiary/aromatic N) is 2. The van der Waals surface area contributed by atoms with E-state index in [2.05, 4.69) is 4.98 Å². The van der Waals surface area contributed by atoms with Crippen LogP contribution in [0.25, 0.3) is 15.7 Å². The van der Waals surface area contributed by atoms with Gasteiger partial charge in [-0.2, -0.15) is 0 Å². The van der Waals surface area contributed by atoms with Crippen LogP contribution in [0.3, 0.4) is 0 Å². The summed E-state index contributed by atoms with van der Waals surface area (Å²) in [5.41, 5.74) is 1.41. The van der Waals surface area contributed by atoms with Gasteiger partial charge >= 0.3 is 5.97 Å². The number of imidazole rings is 1. The fourth-order valence-corrected chi connectivity index (χ4v) is 3.86. The number of aromatic nitrogens is 2. The van der Waals surface area contributed by atoms with Crippen LogP contribution in [0.2, 0.25) is 5.02 Å². The van der Waals surface area contributed by atoms with Gasteiger partial charge in [0.05, 0.1) is 10.7 Å². The van der Waals surface area contributed by atoms with Crippen molar-refractivity contribution in [2.75, 3.05) is 0 Å². The van der Waals surface area contributed by atoms with Gasteiger partial charge in [0.25, 0.3) is 0 Å². The number of ether oxygens (including phenoxy) is 1. The summed E-state index contributed by atoms with van der Waals surface area (Å²) in [6.45, 7) is 0.0411. The Balaban J connectivity index is 1.56. The summed E-state index contributed by atoms with van der Waals surface area (Å²) in [5, 5.41) is 0.928. The van der Waals surface area contributed by atoms with E-state index in [-0.39, 0.29) is 22.3 Å². The Labute approximate surface area is 145 Å². The van der Waals surface area contributed by atoms with Crippen LogP contribution in [0.15, 0.2) is 48.8 Å². The van der Waals surface area contributed by atoms with E-state index < -0.39 is 5.97 Å². The standard InChI is InChI=1S/C17H10ClFN2O2S/c18-15-12-5-4-10(19)7-13(12)24-16(15)17(22)23-9-11-8-21-6-2-1-3-14(21)20-11/h1-8H,9H2. The molecule has 120 valence electrons. The van der Waals surface area contributed by atoms with Crippen LogP contribution >= 0.6 is 22.9 Å². The molecular weight excluding hydrogens is 351 g/mol. The van der Waals surface area contributed by atoms with Crippen molar-refractivity contribution in [1.29, 1.82) is 0 Å². The Morgan fingerprint density at radius 3 is 3.04 bits per heavy atom. The van der Waals surface area contributed by atoms with Crippen LogP contribution in [-0.4, -0.2) is 15.4 Å². The fourth-order valence-electron chi connectivity index (χ4n) is 2.43. The zero-order valence-electron chi connectivity index (χ0n) is 12.2. The Morgan fingerprint density at radius 2 is 2.21 bits per heavy atom. The maximum absolute atomic E-state index is 13.3. The highest BCUT2D eigenvalue weighted by atomic mass is 35.5. The van der Waals surface area contributed by atoms with Gasteiger partial charge in [-0.1, -0.05) is 17.7 Å². The molecule has 0 fully saturated rings. The summed E-state index contributed by atoms with van der Waals surface area (Å²) < 4.78 is 21.0. The lowest BCUT2D eigenvalue weighted by Gasteiger charge is -2.00. The summed E-state index contributed by atoms with van der Waals surface area (Å²) >= 11 is 7.33. The molecule has 0 unspecified atom stereocenters. The smallest absolute Gasteiger partial charge is 0.350 e. The molecule has 0 aliphatic carbocycles. The van der Waals surface area contributed by atoms with Gasteiger partial charge in [0.15, 0.2) is 0 Å². The lowest BCUT2D eigenvalue weighted by molar-refractivity contribution is 0.0474. The van der Waals surface area contributed by atoms with E-state index in [0.717, 1.165) is 17.0 Å². The molecule has 7 heteroatoms. The normalized spacial score (nSPS) is 11.2. The molecule has 1 aromatic carbocycles. The first-order valence-corrected chi connectivity index (χ1v) is 8.28. The monoisotopic (exact) mass is 360 g/mol. The Morgan fingerprint density at radius 1 is 1.33 bits per heavy atom. The molecule has 0 atom stereocenters. The molecule has 0 N–H and O–H groups in total. The number of pyridine rings is 1. The van der Waals surface area contributed by atoms with Gasteiger partial charge in [0.2, 0.25) is 0 Å². The second kappa shape index (κ2) is 5.89. The van der Waals surface area contributed by atoms with E-state index in [9.17, 15) is 9.18 Å². The van der Waals surface area contributed by atoms with E-state index >= 15 is 0 Å². The van der Waals surface area contributed by atoms with Gasteiger partial charge in [-0.25, -0.2) is 14.2 Å². The number of hydrogen-bond donors (Lipinski definition) is 0. The number of thiophene rings is 1. The highest BCUT2D eigenvalue weighted by molar-refractivity contribution is 7.21. The Bertz CT molecular complexity index is 1040. The molecule has 0 saturated carbocycles. The third-order valence-electron chi connectivity index (χ3n) is 3.54. The van der Waals surface area contributed by atoms with Crippen molar-refractivity contribution >= 4 is 44.6 Å². The summed E-state index contributed by atoms with van der Waals surface area (Å²) in [4.78, 5) is 16.9. The van der Waals surface area contributed by atoms with Crippen LogP contribution in [-0.2, 0) is 11.3 Å². The van der Waals surface area contributed by atoms with Gasteiger partial charge in [0, 0.05) is 22.5 Å². The molecule has 0 spiro atoms. The first-order valence-electron chi connectivity index (χ1n) is 7.09. The van der Waals surface area contributed by atoms with Gasteiger partial charge in [-0.15, -0.1) is 11.3 Å². The zero-order chi connectivity index (χ0) is 16.7. The molecule has 4 aromatic rings. The lowest BCUT2D eigenvalue weighted by Crippen LogP contribution is -2.03. The van der Waals surface area contributed by atoms with Gasteiger partial charge in [-0.05, 0) is 30.3 Å². The highest BCUT2D eigenvalue weighted by Crippen LogP contribution is 2.36. The zero-order valence-corrected chi connectivity index (χ0v) is 13.8. The second-order valence-electron chi connectivity index (χ2n) is 5.16. The van der Waals surface area contributed by atoms with E-state index in [4.69, 9.17) is 16.3 Å². The van der Waals surface area contributed by atoms with Gasteiger partial charge in [-0.3, -0.25) is 0 Å². The van der Waals surface area contributed by atoms with Crippen molar-refractivity contribution in [3.63, 3.8) is 0 Å². The molecule has 4 nitrogen and oxygen atoms in total. The second-order valence-corrected chi connectivity index (χ2v) is 6.59. The van der Waals surface area contributed by atoms with Crippen molar-refractivity contribution in [3.8, 4) is 0 Å². The third kappa shape index (κ3) is 2.64. The van der Waals surface area contributed by atoms with Crippen molar-refractivity contribution < 1.29 is 13.9 Å². The maximum atomic E-state index is 13.3. The molecule has 0 aliphatic heterocycles. The number of benzene rings is 1. The van der Waals surface area contributed by atoms with E-state index in [1.54, 1.807) is 12.3 Å². The first kappa shape index (κ1) is 15.1. The molecule has 0 bridgehead atoms. The molecule has 24 heavy (non-hydrogen) atoms. The maximum Gasteiger partial charge on any atom is 0.350 e. The topological polar surface area (TPSA) is 43.6 Å². The number of halogens is 2. The predicted molar refractivity (Wildman–Crippen MR) is 91.1 cm³/mol. The summed E-state index contributed by atoms with van der Waals surface area (Å²) in [6, 6.07) is 9.86. The van der Waals surface area contributed by atoms with Crippen LogP contribution in [0, 0.1) is 5.82 Å². The minimum absolute atomic E-state index is 0.0411. The fraction of sp³-hybridized carbons (Fsp3) is 0.0588. The van der Waals surface area contributed by atoms with Crippen LogP contribution in [0.1, 0.15) is 15.4 Å². The predicted octanol–water partition coefficient (Wildman–Crippen LogP) is 4.70. The third-order valence-corrected chi connectivity index (χ3v) is 5.18. The van der Waals surface area contributed by atoms with Crippen LogP contribution in [0.4, 0.5) is 4.39 Å². The highest BCUT2D eigenvalue weighted by Gasteiger charge is 2.19. The molecule has 0 aliphatic rings. The molecule has 0 saturated heterocycles.